The van der Waals surface area contributed by atoms with Gasteiger partial charge in [0.15, 0.2) is 5.16 Å². The monoisotopic (exact) mass is 320 g/mol. The van der Waals surface area contributed by atoms with Crippen LogP contribution in [0.3, 0.4) is 0 Å². The number of thioether (sulfide) groups is 1. The zero-order valence-corrected chi connectivity index (χ0v) is 13.1. The molecule has 2 aromatic heterocycles. The number of amides is 3. The van der Waals surface area contributed by atoms with Gasteiger partial charge in [-0.3, -0.25) is 14.5 Å². The summed E-state index contributed by atoms with van der Waals surface area (Å²) in [5.41, 5.74) is 1.78. The van der Waals surface area contributed by atoms with E-state index in [9.17, 15) is 9.59 Å². The molecular weight excluding hydrogens is 304 g/mol. The van der Waals surface area contributed by atoms with Gasteiger partial charge in [-0.2, -0.15) is 0 Å². The molecular formula is C13H16N6O2S. The van der Waals surface area contributed by atoms with Crippen molar-refractivity contribution in [2.75, 3.05) is 12.3 Å². The Labute approximate surface area is 131 Å². The third-order valence-corrected chi connectivity index (χ3v) is 3.58. The van der Waals surface area contributed by atoms with Gasteiger partial charge in [0, 0.05) is 17.9 Å². The molecule has 9 heteroatoms. The minimum Gasteiger partial charge on any atom is -0.334 e. The van der Waals surface area contributed by atoms with Crippen LogP contribution in [-0.4, -0.2) is 43.8 Å². The van der Waals surface area contributed by atoms with Crippen molar-refractivity contribution < 1.29 is 9.59 Å². The number of rotatable bonds is 5. The number of carbonyl (C=O) groups is 2. The van der Waals surface area contributed by atoms with Gasteiger partial charge >= 0.3 is 6.03 Å². The van der Waals surface area contributed by atoms with Gasteiger partial charge in [-0.1, -0.05) is 17.8 Å². The van der Waals surface area contributed by atoms with Gasteiger partial charge in [0.25, 0.3) is 5.78 Å². The predicted octanol–water partition coefficient (Wildman–Crippen LogP) is 0.845. The first-order chi connectivity index (χ1) is 10.5. The Morgan fingerprint density at radius 2 is 2.18 bits per heavy atom. The van der Waals surface area contributed by atoms with E-state index in [1.54, 1.807) is 4.40 Å². The zero-order chi connectivity index (χ0) is 16.1. The number of hydrogen-bond acceptors (Lipinski definition) is 6. The maximum atomic E-state index is 11.7. The van der Waals surface area contributed by atoms with Crippen molar-refractivity contribution in [3.63, 3.8) is 0 Å². The van der Waals surface area contributed by atoms with Crippen LogP contribution < -0.4 is 10.6 Å². The molecule has 3 amide bonds. The summed E-state index contributed by atoms with van der Waals surface area (Å²) in [6.07, 6.45) is 1.53. The van der Waals surface area contributed by atoms with E-state index >= 15 is 0 Å². The number of nitrogens with one attached hydrogen (secondary N) is 2. The highest BCUT2D eigenvalue weighted by atomic mass is 32.2. The first-order valence-corrected chi connectivity index (χ1v) is 7.50. The average molecular weight is 320 g/mol. The molecule has 0 saturated carbocycles. The molecule has 2 aromatic rings. The number of hydrogen-bond donors (Lipinski definition) is 2. The lowest BCUT2D eigenvalue weighted by Gasteiger charge is -2.05. The number of urea groups is 1. The molecule has 0 atom stereocenters. The van der Waals surface area contributed by atoms with Crippen LogP contribution in [0.2, 0.25) is 0 Å². The average Bonchev–Trinajstić information content (AvgIpc) is 2.86. The summed E-state index contributed by atoms with van der Waals surface area (Å²) in [5.74, 6) is 0.125. The molecule has 0 bridgehead atoms. The fraction of sp³-hybridized carbons (Fsp3) is 0.308. The number of aromatic nitrogens is 4. The molecule has 2 heterocycles. The van der Waals surface area contributed by atoms with Crippen LogP contribution in [-0.2, 0) is 4.79 Å². The molecule has 0 aliphatic rings. The molecule has 0 spiro atoms. The highest BCUT2D eigenvalue weighted by Gasteiger charge is 2.13. The molecule has 0 aromatic carbocycles. The number of carbonyl (C=O) groups excluding carboxylic acids is 2. The highest BCUT2D eigenvalue weighted by molar-refractivity contribution is 7.99. The minimum absolute atomic E-state index is 0.0512. The summed E-state index contributed by atoms with van der Waals surface area (Å²) in [7, 11) is 0. The topological polar surface area (TPSA) is 101 Å². The van der Waals surface area contributed by atoms with E-state index in [0.717, 1.165) is 11.4 Å². The molecule has 116 valence electrons. The Balaban J connectivity index is 1.99. The van der Waals surface area contributed by atoms with Gasteiger partial charge in [0.1, 0.15) is 0 Å². The van der Waals surface area contributed by atoms with E-state index < -0.39 is 11.9 Å². The summed E-state index contributed by atoms with van der Waals surface area (Å²) >= 11 is 1.19. The van der Waals surface area contributed by atoms with Crippen LogP contribution >= 0.6 is 11.8 Å². The maximum Gasteiger partial charge on any atom is 0.321 e. The molecule has 0 fully saturated rings. The Morgan fingerprint density at radius 1 is 1.41 bits per heavy atom. The van der Waals surface area contributed by atoms with Crippen LogP contribution in [0.25, 0.3) is 5.78 Å². The second-order valence-electron chi connectivity index (χ2n) is 4.49. The summed E-state index contributed by atoms with van der Waals surface area (Å²) in [6, 6.07) is 1.36. The van der Waals surface area contributed by atoms with Crippen molar-refractivity contribution in [3.8, 4) is 0 Å². The fourth-order valence-electron chi connectivity index (χ4n) is 1.80. The van der Waals surface area contributed by atoms with Crippen molar-refractivity contribution in [3.05, 3.63) is 30.1 Å². The molecule has 0 aliphatic heterocycles. The van der Waals surface area contributed by atoms with Gasteiger partial charge in [0.2, 0.25) is 5.91 Å². The van der Waals surface area contributed by atoms with E-state index in [-0.39, 0.29) is 5.75 Å². The second kappa shape index (κ2) is 7.03. The maximum absolute atomic E-state index is 11.7. The Bertz CT molecular complexity index is 727. The molecule has 0 radical (unpaired) electrons. The van der Waals surface area contributed by atoms with Gasteiger partial charge in [-0.05, 0) is 19.9 Å². The van der Waals surface area contributed by atoms with E-state index in [2.05, 4.69) is 32.4 Å². The second-order valence-corrected chi connectivity index (χ2v) is 5.43. The zero-order valence-electron chi connectivity index (χ0n) is 12.3. The molecule has 0 saturated heterocycles. The van der Waals surface area contributed by atoms with Crippen molar-refractivity contribution >= 4 is 29.5 Å². The van der Waals surface area contributed by atoms with Gasteiger partial charge < -0.3 is 5.32 Å². The van der Waals surface area contributed by atoms with E-state index in [1.165, 1.54) is 17.8 Å². The van der Waals surface area contributed by atoms with Crippen LogP contribution in [0, 0.1) is 13.8 Å². The number of imide groups is 1. The van der Waals surface area contributed by atoms with E-state index in [4.69, 9.17) is 0 Å². The van der Waals surface area contributed by atoms with E-state index in [0.29, 0.717) is 17.5 Å². The lowest BCUT2D eigenvalue weighted by molar-refractivity contribution is -0.117. The molecule has 0 unspecified atom stereocenters. The van der Waals surface area contributed by atoms with Crippen LogP contribution in [0.5, 0.6) is 0 Å². The first-order valence-electron chi connectivity index (χ1n) is 6.52. The lowest BCUT2D eigenvalue weighted by Crippen LogP contribution is -2.40. The highest BCUT2D eigenvalue weighted by Crippen LogP contribution is 2.18. The molecule has 8 nitrogen and oxygen atoms in total. The van der Waals surface area contributed by atoms with Gasteiger partial charge in [-0.25, -0.2) is 9.78 Å². The Hall–Kier alpha value is -2.42. The first kappa shape index (κ1) is 16.0. The van der Waals surface area contributed by atoms with Crippen molar-refractivity contribution in [2.45, 2.75) is 19.0 Å². The standard InChI is InChI=1S/C13H16N6O2S/c1-4-5-14-12(21)16-10(20)7-22-13-18-17-11-15-8(2)6-9(3)19(11)13/h4,6H,1,5,7H2,2-3H3,(H2,14,16,20,21). The third-order valence-electron chi connectivity index (χ3n) is 2.66. The predicted molar refractivity (Wildman–Crippen MR) is 82.7 cm³/mol. The number of aryl methyl sites for hydroxylation is 2. The quantitative estimate of drug-likeness (QED) is 0.625. The summed E-state index contributed by atoms with van der Waals surface area (Å²) in [6.45, 7) is 7.56. The largest absolute Gasteiger partial charge is 0.334 e. The van der Waals surface area contributed by atoms with Crippen LogP contribution in [0.4, 0.5) is 4.79 Å². The van der Waals surface area contributed by atoms with Crippen molar-refractivity contribution in [2.24, 2.45) is 0 Å². The third kappa shape index (κ3) is 3.82. The normalized spacial score (nSPS) is 10.5. The molecule has 2 N–H and O–H groups in total. The van der Waals surface area contributed by atoms with Crippen molar-refractivity contribution in [1.82, 2.24) is 30.2 Å². The molecule has 2 rings (SSSR count). The summed E-state index contributed by atoms with van der Waals surface area (Å²) in [5, 5.41) is 13.2. The SMILES string of the molecule is C=CCNC(=O)NC(=O)CSc1nnc2nc(C)cc(C)n12. The molecule has 0 aliphatic carbocycles. The Kier molecular flexibility index (Phi) is 5.10. The summed E-state index contributed by atoms with van der Waals surface area (Å²) in [4.78, 5) is 27.3. The lowest BCUT2D eigenvalue weighted by atomic mass is 10.3. The van der Waals surface area contributed by atoms with Crippen LogP contribution in [0.15, 0.2) is 23.9 Å². The smallest absolute Gasteiger partial charge is 0.321 e. The van der Waals surface area contributed by atoms with Gasteiger partial charge in [-0.15, -0.1) is 16.8 Å². The van der Waals surface area contributed by atoms with Gasteiger partial charge in [0.05, 0.1) is 5.75 Å². The fourth-order valence-corrected chi connectivity index (χ4v) is 2.58. The van der Waals surface area contributed by atoms with E-state index in [1.807, 2.05) is 19.9 Å². The van der Waals surface area contributed by atoms with Crippen LogP contribution in [0.1, 0.15) is 11.4 Å². The Morgan fingerprint density at radius 3 is 2.91 bits per heavy atom. The van der Waals surface area contributed by atoms with Crippen molar-refractivity contribution in [1.29, 1.82) is 0 Å². The number of fused-ring (bicyclic) bond motifs is 1. The summed E-state index contributed by atoms with van der Waals surface area (Å²) < 4.78 is 1.77. The number of nitrogens with zero attached hydrogens (tertiary/aromatic N) is 4. The minimum atomic E-state index is -0.551. The molecule has 22 heavy (non-hydrogen) atoms.